The van der Waals surface area contributed by atoms with Gasteiger partial charge in [-0.25, -0.2) is 0 Å². The van der Waals surface area contributed by atoms with Crippen molar-refractivity contribution in [1.29, 1.82) is 0 Å². The molecular weight excluding hydrogens is 384 g/mol. The van der Waals surface area contributed by atoms with E-state index >= 15 is 0 Å². The second-order valence-corrected chi connectivity index (χ2v) is 11.2. The van der Waals surface area contributed by atoms with Gasteiger partial charge in [-0.2, -0.15) is 0 Å². The molecular formula is C24H34O6. The van der Waals surface area contributed by atoms with Crippen molar-refractivity contribution >= 4 is 11.6 Å². The van der Waals surface area contributed by atoms with Crippen molar-refractivity contribution in [1.82, 2.24) is 0 Å². The first-order chi connectivity index (χ1) is 14.0. The molecule has 0 radical (unpaired) electrons. The molecule has 1 saturated heterocycles. The molecule has 0 unspecified atom stereocenters. The molecule has 0 spiro atoms. The summed E-state index contributed by atoms with van der Waals surface area (Å²) in [5.74, 6) is -0.274. The Morgan fingerprint density at radius 2 is 1.93 bits per heavy atom. The summed E-state index contributed by atoms with van der Waals surface area (Å²) in [6.45, 7) is 7.43. The van der Waals surface area contributed by atoms with E-state index in [1.165, 1.54) is 0 Å². The molecule has 3 saturated carbocycles. The molecule has 30 heavy (non-hydrogen) atoms. The van der Waals surface area contributed by atoms with Gasteiger partial charge in [-0.05, 0) is 69.8 Å². The largest absolute Gasteiger partial charge is 0.392 e. The van der Waals surface area contributed by atoms with Crippen LogP contribution in [0.25, 0.3) is 0 Å². The Balaban J connectivity index is 1.56. The Morgan fingerprint density at radius 3 is 2.63 bits per heavy atom. The van der Waals surface area contributed by atoms with Crippen LogP contribution in [0.15, 0.2) is 11.6 Å². The molecule has 6 heteroatoms. The summed E-state index contributed by atoms with van der Waals surface area (Å²) >= 11 is 0. The first-order valence-corrected chi connectivity index (χ1v) is 11.4. The zero-order chi connectivity index (χ0) is 21.7. The lowest BCUT2D eigenvalue weighted by molar-refractivity contribution is -0.217. The van der Waals surface area contributed by atoms with Crippen molar-refractivity contribution < 1.29 is 29.3 Å². The smallest absolute Gasteiger partial charge is 0.193 e. The van der Waals surface area contributed by atoms with Gasteiger partial charge in [0, 0.05) is 17.3 Å². The van der Waals surface area contributed by atoms with Crippen LogP contribution < -0.4 is 0 Å². The molecule has 2 N–H and O–H groups in total. The summed E-state index contributed by atoms with van der Waals surface area (Å²) in [6, 6.07) is 0. The van der Waals surface area contributed by atoms with Gasteiger partial charge in [0.15, 0.2) is 23.0 Å². The highest BCUT2D eigenvalue weighted by Gasteiger charge is 2.75. The zero-order valence-corrected chi connectivity index (χ0v) is 18.4. The molecule has 0 aromatic heterocycles. The maximum atomic E-state index is 13.2. The molecule has 0 aromatic rings. The van der Waals surface area contributed by atoms with Gasteiger partial charge in [-0.1, -0.05) is 19.4 Å². The van der Waals surface area contributed by atoms with Gasteiger partial charge in [-0.15, -0.1) is 0 Å². The van der Waals surface area contributed by atoms with Gasteiger partial charge < -0.3 is 19.7 Å². The van der Waals surface area contributed by atoms with E-state index in [2.05, 4.69) is 13.8 Å². The highest BCUT2D eigenvalue weighted by molar-refractivity contribution is 5.92. The topological polar surface area (TPSA) is 93.1 Å². The van der Waals surface area contributed by atoms with Gasteiger partial charge in [0.25, 0.3) is 0 Å². The van der Waals surface area contributed by atoms with Crippen LogP contribution in [-0.4, -0.2) is 52.0 Å². The second-order valence-electron chi connectivity index (χ2n) is 11.2. The van der Waals surface area contributed by atoms with E-state index in [1.807, 2.05) is 13.8 Å². The van der Waals surface area contributed by atoms with Crippen molar-refractivity contribution in [3.63, 3.8) is 0 Å². The molecule has 1 heterocycles. The van der Waals surface area contributed by atoms with E-state index < -0.39 is 29.5 Å². The summed E-state index contributed by atoms with van der Waals surface area (Å²) in [7, 11) is 0. The van der Waals surface area contributed by atoms with Gasteiger partial charge >= 0.3 is 0 Å². The van der Waals surface area contributed by atoms with E-state index in [1.54, 1.807) is 6.08 Å². The summed E-state index contributed by atoms with van der Waals surface area (Å²) in [5, 5.41) is 20.8. The van der Waals surface area contributed by atoms with Gasteiger partial charge in [0.1, 0.15) is 6.61 Å². The maximum absolute atomic E-state index is 13.2. The van der Waals surface area contributed by atoms with Crippen LogP contribution in [0, 0.1) is 28.6 Å². The maximum Gasteiger partial charge on any atom is 0.193 e. The molecule has 166 valence electrons. The number of hydrogen-bond acceptors (Lipinski definition) is 6. The number of fused-ring (bicyclic) bond motifs is 7. The Morgan fingerprint density at radius 1 is 1.20 bits per heavy atom. The first-order valence-electron chi connectivity index (χ1n) is 11.4. The average Bonchev–Trinajstić information content (AvgIpc) is 3.08. The van der Waals surface area contributed by atoms with Crippen molar-refractivity contribution in [2.45, 2.75) is 89.8 Å². The molecule has 4 fully saturated rings. The van der Waals surface area contributed by atoms with Crippen LogP contribution in [0.4, 0.5) is 0 Å². The molecule has 4 aliphatic carbocycles. The molecule has 6 nitrogen and oxygen atoms in total. The first kappa shape index (κ1) is 20.8. The summed E-state index contributed by atoms with van der Waals surface area (Å²) in [5.41, 5.74) is -0.812. The Bertz CT molecular complexity index is 832. The van der Waals surface area contributed by atoms with Gasteiger partial charge in [0.2, 0.25) is 0 Å². The third kappa shape index (κ3) is 2.34. The van der Waals surface area contributed by atoms with Crippen molar-refractivity contribution in [3.05, 3.63) is 11.6 Å². The third-order valence-corrected chi connectivity index (χ3v) is 9.62. The average molecular weight is 419 g/mol. The van der Waals surface area contributed by atoms with Crippen LogP contribution in [0.3, 0.4) is 0 Å². The number of hydrogen-bond donors (Lipinski definition) is 2. The monoisotopic (exact) mass is 418 g/mol. The van der Waals surface area contributed by atoms with E-state index in [4.69, 9.17) is 9.47 Å². The number of ether oxygens (including phenoxy) is 2. The highest BCUT2D eigenvalue weighted by Crippen LogP contribution is 2.70. The van der Waals surface area contributed by atoms with E-state index in [-0.39, 0.29) is 41.3 Å². The van der Waals surface area contributed by atoms with Crippen LogP contribution >= 0.6 is 0 Å². The number of carbonyl (C=O) groups excluding carboxylic acids is 2. The Labute approximate surface area is 178 Å². The fourth-order valence-corrected chi connectivity index (χ4v) is 8.33. The number of aliphatic hydroxyl groups excluding tert-OH is 2. The third-order valence-electron chi connectivity index (χ3n) is 9.62. The lowest BCUT2D eigenvalue weighted by atomic mass is 9.45. The minimum Gasteiger partial charge on any atom is -0.392 e. The van der Waals surface area contributed by atoms with Crippen molar-refractivity contribution in [2.24, 2.45) is 28.6 Å². The molecule has 5 rings (SSSR count). The summed E-state index contributed by atoms with van der Waals surface area (Å²) in [4.78, 5) is 25.2. The SMILES string of the molecule is CC1(C)O[C@@H]2C[C@H]3[C@@H]4CCC5=CC(=O)C[C@@H](O)[C@]5(C)[C@H]4CC[C@]3(C)[C@]2(C(=O)CO)O1. The van der Waals surface area contributed by atoms with E-state index in [0.717, 1.165) is 37.7 Å². The van der Waals surface area contributed by atoms with Gasteiger partial charge in [0.05, 0.1) is 12.2 Å². The summed E-state index contributed by atoms with van der Waals surface area (Å²) in [6.07, 6.45) is 5.12. The standard InChI is InChI=1S/C24H34O6/c1-21(2)29-20-11-17-15-6-5-13-9-14(26)10-18(27)23(13,4)16(15)7-8-22(17,3)24(20,30-21)19(28)12-25/h9,15-18,20,25,27H,5-8,10-12H2,1-4H3/t15-,16+,17+,18-,20-,22+,23+,24-/m1/s1. The minimum atomic E-state index is -1.11. The number of ketones is 2. The van der Waals surface area contributed by atoms with E-state index in [0.29, 0.717) is 5.92 Å². The minimum absolute atomic E-state index is 0.0287. The van der Waals surface area contributed by atoms with E-state index in [9.17, 15) is 19.8 Å². The fraction of sp³-hybridized carbons (Fsp3) is 0.833. The number of Topliss-reactive ketones (excluding diaryl/α,β-unsaturated/α-hetero) is 1. The quantitative estimate of drug-likeness (QED) is 0.716. The number of carbonyl (C=O) groups is 2. The molecule has 5 aliphatic rings. The lowest BCUT2D eigenvalue weighted by Crippen LogP contribution is -2.62. The summed E-state index contributed by atoms with van der Waals surface area (Å²) < 4.78 is 12.6. The molecule has 0 aromatic carbocycles. The molecule has 0 bridgehead atoms. The lowest BCUT2D eigenvalue weighted by Gasteiger charge is -2.60. The highest BCUT2D eigenvalue weighted by atomic mass is 16.8. The normalized spacial score (nSPS) is 51.5. The molecule has 0 amide bonds. The van der Waals surface area contributed by atoms with Crippen molar-refractivity contribution in [3.8, 4) is 0 Å². The number of rotatable bonds is 2. The zero-order valence-electron chi connectivity index (χ0n) is 18.4. The van der Waals surface area contributed by atoms with Gasteiger partial charge in [-0.3, -0.25) is 9.59 Å². The second kappa shape index (κ2) is 6.25. The number of aliphatic hydroxyl groups is 2. The molecule has 8 atom stereocenters. The Kier molecular flexibility index (Phi) is 4.33. The predicted octanol–water partition coefficient (Wildman–Crippen LogP) is 2.55. The predicted molar refractivity (Wildman–Crippen MR) is 108 cm³/mol. The van der Waals surface area contributed by atoms with Crippen LogP contribution in [0.2, 0.25) is 0 Å². The van der Waals surface area contributed by atoms with Crippen LogP contribution in [0.5, 0.6) is 0 Å². The fourth-order valence-electron chi connectivity index (χ4n) is 8.33. The molecule has 1 aliphatic heterocycles. The van der Waals surface area contributed by atoms with Crippen LogP contribution in [0.1, 0.15) is 66.2 Å². The van der Waals surface area contributed by atoms with Crippen molar-refractivity contribution in [2.75, 3.05) is 6.61 Å². The van der Waals surface area contributed by atoms with Crippen LogP contribution in [-0.2, 0) is 19.1 Å². The Hall–Kier alpha value is -1.08.